The van der Waals surface area contributed by atoms with Gasteiger partial charge in [0.1, 0.15) is 11.9 Å². The Hall–Kier alpha value is -1.95. The summed E-state index contributed by atoms with van der Waals surface area (Å²) in [5.41, 5.74) is 0.673. The molecule has 0 radical (unpaired) electrons. The molecule has 0 saturated carbocycles. The van der Waals surface area contributed by atoms with Crippen molar-refractivity contribution in [1.29, 1.82) is 5.26 Å². The lowest BCUT2D eigenvalue weighted by molar-refractivity contribution is 0.626. The van der Waals surface area contributed by atoms with Gasteiger partial charge in [-0.05, 0) is 18.2 Å². The summed E-state index contributed by atoms with van der Waals surface area (Å²) < 4.78 is 13.1. The minimum absolute atomic E-state index is 0.0335. The summed E-state index contributed by atoms with van der Waals surface area (Å²) in [5.74, 6) is -0.497. The van der Waals surface area contributed by atoms with Crippen LogP contribution in [0.3, 0.4) is 0 Å². The van der Waals surface area contributed by atoms with E-state index >= 15 is 0 Å². The van der Waals surface area contributed by atoms with E-state index in [0.29, 0.717) is 10.9 Å². The van der Waals surface area contributed by atoms with Gasteiger partial charge in [-0.2, -0.15) is 5.26 Å². The molecule has 1 heterocycles. The van der Waals surface area contributed by atoms with Crippen LogP contribution in [0, 0.1) is 17.1 Å². The molecule has 2 rings (SSSR count). The molecule has 0 fully saturated rings. The predicted octanol–water partition coefficient (Wildman–Crippen LogP) is 2.25. The van der Waals surface area contributed by atoms with Crippen LogP contribution < -0.4 is 0 Å². The number of nitrogens with zero attached hydrogens (tertiary/aromatic N) is 2. The van der Waals surface area contributed by atoms with E-state index in [-0.39, 0.29) is 5.56 Å². The Morgan fingerprint density at radius 3 is 3.00 bits per heavy atom. The molecule has 0 saturated heterocycles. The number of hydrogen-bond acceptors (Lipinski definition) is 2. The molecule has 0 bridgehead atoms. The zero-order chi connectivity index (χ0) is 9.26. The minimum Gasteiger partial charge on any atom is -0.256 e. The van der Waals surface area contributed by atoms with Crippen molar-refractivity contribution in [1.82, 2.24) is 4.98 Å². The molecule has 2 aromatic rings. The van der Waals surface area contributed by atoms with Crippen LogP contribution in [0.1, 0.15) is 5.56 Å². The van der Waals surface area contributed by atoms with E-state index in [9.17, 15) is 4.39 Å². The summed E-state index contributed by atoms with van der Waals surface area (Å²) in [7, 11) is 0. The van der Waals surface area contributed by atoms with Crippen molar-refractivity contribution >= 4 is 10.9 Å². The first-order chi connectivity index (χ1) is 6.31. The van der Waals surface area contributed by atoms with Crippen molar-refractivity contribution in [2.75, 3.05) is 0 Å². The maximum atomic E-state index is 13.1. The highest BCUT2D eigenvalue weighted by atomic mass is 19.1. The normalized spacial score (nSPS) is 9.85. The average molecular weight is 172 g/mol. The van der Waals surface area contributed by atoms with Crippen LogP contribution in [-0.2, 0) is 0 Å². The maximum absolute atomic E-state index is 13.1. The highest BCUT2D eigenvalue weighted by Gasteiger charge is 2.03. The average Bonchev–Trinajstić information content (AvgIpc) is 2.17. The molecule has 62 valence electrons. The first kappa shape index (κ1) is 7.69. The summed E-state index contributed by atoms with van der Waals surface area (Å²) >= 11 is 0. The Kier molecular flexibility index (Phi) is 1.67. The highest BCUT2D eigenvalue weighted by molar-refractivity contribution is 5.79. The Bertz CT molecular complexity index is 500. The van der Waals surface area contributed by atoms with Gasteiger partial charge in [-0.1, -0.05) is 6.07 Å². The second-order valence-electron chi connectivity index (χ2n) is 2.64. The molecule has 13 heavy (non-hydrogen) atoms. The van der Waals surface area contributed by atoms with E-state index in [1.54, 1.807) is 24.4 Å². The van der Waals surface area contributed by atoms with E-state index in [2.05, 4.69) is 4.98 Å². The van der Waals surface area contributed by atoms with Crippen molar-refractivity contribution in [3.8, 4) is 6.07 Å². The fourth-order valence-corrected chi connectivity index (χ4v) is 1.18. The molecular formula is C10H5FN2. The Labute approximate surface area is 74.3 Å². The minimum atomic E-state index is -0.497. The van der Waals surface area contributed by atoms with Crippen LogP contribution in [0.4, 0.5) is 4.39 Å². The molecule has 2 nitrogen and oxygen atoms in total. The van der Waals surface area contributed by atoms with Gasteiger partial charge >= 0.3 is 0 Å². The van der Waals surface area contributed by atoms with Gasteiger partial charge in [-0.3, -0.25) is 4.98 Å². The zero-order valence-electron chi connectivity index (χ0n) is 6.66. The first-order valence-corrected chi connectivity index (χ1v) is 3.75. The lowest BCUT2D eigenvalue weighted by atomic mass is 10.1. The van der Waals surface area contributed by atoms with Crippen LogP contribution in [0.5, 0.6) is 0 Å². The van der Waals surface area contributed by atoms with Crippen molar-refractivity contribution in [2.24, 2.45) is 0 Å². The van der Waals surface area contributed by atoms with Gasteiger partial charge in [0.25, 0.3) is 0 Å². The zero-order valence-corrected chi connectivity index (χ0v) is 6.66. The molecule has 0 aliphatic heterocycles. The molecule has 0 atom stereocenters. The molecular weight excluding hydrogens is 167 g/mol. The largest absolute Gasteiger partial charge is 0.256 e. The van der Waals surface area contributed by atoms with Crippen LogP contribution >= 0.6 is 0 Å². The lowest BCUT2D eigenvalue weighted by Crippen LogP contribution is -1.85. The first-order valence-electron chi connectivity index (χ1n) is 3.75. The van der Waals surface area contributed by atoms with Crippen LogP contribution in [-0.4, -0.2) is 4.98 Å². The van der Waals surface area contributed by atoms with Gasteiger partial charge in [0, 0.05) is 11.6 Å². The Morgan fingerprint density at radius 2 is 2.23 bits per heavy atom. The summed E-state index contributed by atoms with van der Waals surface area (Å²) in [6.07, 6.45) is 1.61. The van der Waals surface area contributed by atoms with Crippen LogP contribution in [0.2, 0.25) is 0 Å². The summed E-state index contributed by atoms with van der Waals surface area (Å²) in [5, 5.41) is 9.27. The topological polar surface area (TPSA) is 36.7 Å². The molecule has 3 heteroatoms. The third-order valence-electron chi connectivity index (χ3n) is 1.81. The van der Waals surface area contributed by atoms with Crippen molar-refractivity contribution < 1.29 is 4.39 Å². The van der Waals surface area contributed by atoms with Gasteiger partial charge in [0.15, 0.2) is 0 Å². The molecule has 1 aromatic heterocycles. The van der Waals surface area contributed by atoms with Gasteiger partial charge in [-0.15, -0.1) is 0 Å². The number of fused-ring (bicyclic) bond motifs is 1. The molecule has 1 aromatic carbocycles. The van der Waals surface area contributed by atoms with Crippen molar-refractivity contribution in [3.05, 3.63) is 41.8 Å². The van der Waals surface area contributed by atoms with E-state index in [1.165, 1.54) is 12.1 Å². The molecule has 0 spiro atoms. The molecule has 0 aliphatic rings. The number of benzene rings is 1. The Morgan fingerprint density at radius 1 is 1.38 bits per heavy atom. The maximum Gasteiger partial charge on any atom is 0.141 e. The second kappa shape index (κ2) is 2.83. The third-order valence-corrected chi connectivity index (χ3v) is 1.81. The number of aromatic nitrogens is 1. The third kappa shape index (κ3) is 1.23. The monoisotopic (exact) mass is 172 g/mol. The quantitative estimate of drug-likeness (QED) is 0.611. The number of hydrogen-bond donors (Lipinski definition) is 0. The molecule has 0 amide bonds. The molecule has 0 aliphatic carbocycles. The fraction of sp³-hybridized carbons (Fsp3) is 0. The van der Waals surface area contributed by atoms with E-state index in [0.717, 1.165) is 0 Å². The molecule has 0 N–H and O–H groups in total. The summed E-state index contributed by atoms with van der Waals surface area (Å²) in [4.78, 5) is 4.01. The van der Waals surface area contributed by atoms with Crippen molar-refractivity contribution in [2.45, 2.75) is 0 Å². The summed E-state index contributed by atoms with van der Waals surface area (Å²) in [6.45, 7) is 0. The predicted molar refractivity (Wildman–Crippen MR) is 46.4 cm³/mol. The lowest BCUT2D eigenvalue weighted by Gasteiger charge is -1.97. The van der Waals surface area contributed by atoms with Crippen molar-refractivity contribution in [3.63, 3.8) is 0 Å². The SMILES string of the molecule is N#Cc1cc2ncccc2cc1F. The van der Waals surface area contributed by atoms with Crippen LogP contribution in [0.25, 0.3) is 10.9 Å². The van der Waals surface area contributed by atoms with E-state index in [4.69, 9.17) is 5.26 Å². The van der Waals surface area contributed by atoms with Gasteiger partial charge < -0.3 is 0 Å². The number of halogens is 1. The van der Waals surface area contributed by atoms with Gasteiger partial charge in [-0.25, -0.2) is 4.39 Å². The molecule has 0 unspecified atom stereocenters. The fourth-order valence-electron chi connectivity index (χ4n) is 1.18. The number of pyridine rings is 1. The Balaban J connectivity index is 2.83. The van der Waals surface area contributed by atoms with Gasteiger partial charge in [0.05, 0.1) is 11.1 Å². The standard InChI is InChI=1S/C10H5FN2/c11-9-4-7-2-1-3-13-10(7)5-8(9)6-12/h1-5H. The van der Waals surface area contributed by atoms with E-state index in [1.807, 2.05) is 0 Å². The second-order valence-corrected chi connectivity index (χ2v) is 2.64. The van der Waals surface area contributed by atoms with Crippen LogP contribution in [0.15, 0.2) is 30.5 Å². The van der Waals surface area contributed by atoms with E-state index < -0.39 is 5.82 Å². The number of rotatable bonds is 0. The number of nitriles is 1. The highest BCUT2D eigenvalue weighted by Crippen LogP contribution is 2.15. The van der Waals surface area contributed by atoms with Gasteiger partial charge in [0.2, 0.25) is 0 Å². The summed E-state index contributed by atoms with van der Waals surface area (Å²) in [6, 6.07) is 8.03. The smallest absolute Gasteiger partial charge is 0.141 e.